The molecule has 29 heavy (non-hydrogen) atoms. The van der Waals surface area contributed by atoms with E-state index < -0.39 is 11.9 Å². The standard InChI is InChI=1S/C21H19F3N4O/c1-14-5-4-6-15(13-14)20(29)28-11-9-27(10-12-28)19-18(21(22,23)24)25-16-7-2-3-8-17(16)26-19/h2-8,13H,9-12H2,1H3. The number of hydrogen-bond acceptors (Lipinski definition) is 4. The molecule has 3 aromatic rings. The molecule has 0 spiro atoms. The van der Waals surface area contributed by atoms with Crippen molar-refractivity contribution in [3.63, 3.8) is 0 Å². The van der Waals surface area contributed by atoms with Crippen molar-refractivity contribution >= 4 is 22.8 Å². The van der Waals surface area contributed by atoms with Crippen molar-refractivity contribution in [1.29, 1.82) is 0 Å². The number of hydrogen-bond donors (Lipinski definition) is 0. The van der Waals surface area contributed by atoms with Gasteiger partial charge in [-0.15, -0.1) is 0 Å². The Labute approximate surface area is 165 Å². The molecule has 0 aliphatic carbocycles. The predicted octanol–water partition coefficient (Wildman–Crippen LogP) is 3.92. The van der Waals surface area contributed by atoms with Gasteiger partial charge < -0.3 is 9.80 Å². The molecule has 0 bridgehead atoms. The first-order valence-electron chi connectivity index (χ1n) is 9.28. The van der Waals surface area contributed by atoms with Gasteiger partial charge in [0, 0.05) is 31.7 Å². The quantitative estimate of drug-likeness (QED) is 0.654. The molecule has 1 aliphatic rings. The maximum Gasteiger partial charge on any atom is 0.437 e. The lowest BCUT2D eigenvalue weighted by atomic mass is 10.1. The number of aryl methyl sites for hydroxylation is 1. The molecule has 1 saturated heterocycles. The molecule has 0 unspecified atom stereocenters. The molecule has 0 radical (unpaired) electrons. The number of aromatic nitrogens is 2. The van der Waals surface area contributed by atoms with Crippen molar-refractivity contribution in [1.82, 2.24) is 14.9 Å². The van der Waals surface area contributed by atoms with Crippen molar-refractivity contribution in [2.45, 2.75) is 13.1 Å². The van der Waals surface area contributed by atoms with Crippen LogP contribution in [-0.2, 0) is 6.18 Å². The molecule has 0 N–H and O–H groups in total. The number of para-hydroxylation sites is 2. The van der Waals surface area contributed by atoms with Crippen molar-refractivity contribution < 1.29 is 18.0 Å². The molecule has 0 saturated carbocycles. The van der Waals surface area contributed by atoms with Crippen molar-refractivity contribution in [2.24, 2.45) is 0 Å². The van der Waals surface area contributed by atoms with E-state index in [1.54, 1.807) is 34.1 Å². The van der Waals surface area contributed by atoms with Gasteiger partial charge in [0.2, 0.25) is 0 Å². The Hall–Kier alpha value is -3.16. The zero-order valence-electron chi connectivity index (χ0n) is 15.8. The summed E-state index contributed by atoms with van der Waals surface area (Å²) in [7, 11) is 0. The average Bonchev–Trinajstić information content (AvgIpc) is 2.72. The van der Waals surface area contributed by atoms with Gasteiger partial charge in [0.05, 0.1) is 11.0 Å². The molecule has 2 heterocycles. The van der Waals surface area contributed by atoms with E-state index in [4.69, 9.17) is 0 Å². The minimum absolute atomic E-state index is 0.117. The van der Waals surface area contributed by atoms with E-state index >= 15 is 0 Å². The molecule has 1 amide bonds. The van der Waals surface area contributed by atoms with Gasteiger partial charge in [0.15, 0.2) is 11.5 Å². The molecule has 150 valence electrons. The van der Waals surface area contributed by atoms with Crippen LogP contribution in [0.2, 0.25) is 0 Å². The van der Waals surface area contributed by atoms with Gasteiger partial charge in [-0.3, -0.25) is 4.79 Å². The van der Waals surface area contributed by atoms with E-state index in [-0.39, 0.29) is 30.3 Å². The van der Waals surface area contributed by atoms with E-state index in [9.17, 15) is 18.0 Å². The normalized spacial score (nSPS) is 15.0. The number of nitrogens with zero attached hydrogens (tertiary/aromatic N) is 4. The number of rotatable bonds is 2. The lowest BCUT2D eigenvalue weighted by Crippen LogP contribution is -2.49. The summed E-state index contributed by atoms with van der Waals surface area (Å²) in [6.45, 7) is 3.06. The average molecular weight is 400 g/mol. The predicted molar refractivity (Wildman–Crippen MR) is 104 cm³/mol. The van der Waals surface area contributed by atoms with Crippen LogP contribution in [0.1, 0.15) is 21.6 Å². The van der Waals surface area contributed by atoms with E-state index in [1.165, 1.54) is 6.07 Å². The zero-order chi connectivity index (χ0) is 20.6. The van der Waals surface area contributed by atoms with Gasteiger partial charge in [0.1, 0.15) is 0 Å². The van der Waals surface area contributed by atoms with Crippen LogP contribution in [0.4, 0.5) is 19.0 Å². The summed E-state index contributed by atoms with van der Waals surface area (Å²) in [5, 5.41) is 0. The number of anilines is 1. The monoisotopic (exact) mass is 400 g/mol. The Morgan fingerprint density at radius 3 is 2.21 bits per heavy atom. The summed E-state index contributed by atoms with van der Waals surface area (Å²) in [5.41, 5.74) is 1.19. The number of fused-ring (bicyclic) bond motifs is 1. The first kappa shape index (κ1) is 19.2. The van der Waals surface area contributed by atoms with Gasteiger partial charge in [-0.2, -0.15) is 13.2 Å². The number of carbonyl (C=O) groups is 1. The van der Waals surface area contributed by atoms with Gasteiger partial charge in [-0.25, -0.2) is 9.97 Å². The van der Waals surface area contributed by atoms with Crippen LogP contribution in [0.15, 0.2) is 48.5 Å². The van der Waals surface area contributed by atoms with E-state index in [1.807, 2.05) is 25.1 Å². The Morgan fingerprint density at radius 1 is 0.931 bits per heavy atom. The lowest BCUT2D eigenvalue weighted by Gasteiger charge is -2.36. The van der Waals surface area contributed by atoms with Crippen LogP contribution in [0.25, 0.3) is 11.0 Å². The third kappa shape index (κ3) is 3.87. The van der Waals surface area contributed by atoms with Crippen LogP contribution in [-0.4, -0.2) is 47.0 Å². The summed E-state index contributed by atoms with van der Waals surface area (Å²) in [6.07, 6.45) is -4.61. The molecule has 2 aromatic carbocycles. The Morgan fingerprint density at radius 2 is 1.59 bits per heavy atom. The molecule has 1 aromatic heterocycles. The smallest absolute Gasteiger partial charge is 0.351 e. The van der Waals surface area contributed by atoms with E-state index in [0.29, 0.717) is 24.2 Å². The summed E-state index contributed by atoms with van der Waals surface area (Å²) in [5.74, 6) is -0.298. The lowest BCUT2D eigenvalue weighted by molar-refractivity contribution is -0.140. The highest BCUT2D eigenvalue weighted by molar-refractivity contribution is 5.94. The summed E-state index contributed by atoms with van der Waals surface area (Å²) >= 11 is 0. The fourth-order valence-corrected chi connectivity index (χ4v) is 3.48. The van der Waals surface area contributed by atoms with E-state index in [0.717, 1.165) is 5.56 Å². The van der Waals surface area contributed by atoms with Crippen LogP contribution < -0.4 is 4.90 Å². The number of amides is 1. The van der Waals surface area contributed by atoms with Crippen LogP contribution >= 0.6 is 0 Å². The molecule has 1 fully saturated rings. The largest absolute Gasteiger partial charge is 0.437 e. The Balaban J connectivity index is 1.58. The first-order valence-corrected chi connectivity index (χ1v) is 9.28. The second-order valence-electron chi connectivity index (χ2n) is 7.03. The summed E-state index contributed by atoms with van der Waals surface area (Å²) in [4.78, 5) is 24.0. The van der Waals surface area contributed by atoms with Gasteiger partial charge >= 0.3 is 6.18 Å². The topological polar surface area (TPSA) is 49.3 Å². The molecule has 0 atom stereocenters. The molecular formula is C21H19F3N4O. The second kappa shape index (κ2) is 7.35. The maximum absolute atomic E-state index is 13.6. The second-order valence-corrected chi connectivity index (χ2v) is 7.03. The molecule has 1 aliphatic heterocycles. The van der Waals surface area contributed by atoms with Crippen LogP contribution in [0.3, 0.4) is 0 Å². The molecule has 5 nitrogen and oxygen atoms in total. The number of benzene rings is 2. The number of carbonyl (C=O) groups excluding carboxylic acids is 1. The van der Waals surface area contributed by atoms with Gasteiger partial charge in [-0.05, 0) is 31.2 Å². The maximum atomic E-state index is 13.6. The third-order valence-corrected chi connectivity index (χ3v) is 4.95. The van der Waals surface area contributed by atoms with Gasteiger partial charge in [0.25, 0.3) is 5.91 Å². The number of alkyl halides is 3. The minimum atomic E-state index is -4.61. The molecule has 4 rings (SSSR count). The Bertz CT molecular complexity index is 1060. The van der Waals surface area contributed by atoms with Crippen molar-refractivity contribution in [2.75, 3.05) is 31.1 Å². The highest BCUT2D eigenvalue weighted by atomic mass is 19.4. The first-order chi connectivity index (χ1) is 13.8. The van der Waals surface area contributed by atoms with Gasteiger partial charge in [-0.1, -0.05) is 29.8 Å². The van der Waals surface area contributed by atoms with Crippen LogP contribution in [0.5, 0.6) is 0 Å². The van der Waals surface area contributed by atoms with Crippen LogP contribution in [0, 0.1) is 6.92 Å². The highest BCUT2D eigenvalue weighted by Gasteiger charge is 2.39. The highest BCUT2D eigenvalue weighted by Crippen LogP contribution is 2.35. The number of piperazine rings is 1. The molecular weight excluding hydrogens is 381 g/mol. The fraction of sp³-hybridized carbons (Fsp3) is 0.286. The van der Waals surface area contributed by atoms with Crippen molar-refractivity contribution in [3.8, 4) is 0 Å². The Kier molecular flexibility index (Phi) is 4.86. The van der Waals surface area contributed by atoms with E-state index in [2.05, 4.69) is 9.97 Å². The SMILES string of the molecule is Cc1cccc(C(=O)N2CCN(c3nc4ccccc4nc3C(F)(F)F)CC2)c1. The zero-order valence-corrected chi connectivity index (χ0v) is 15.8. The summed E-state index contributed by atoms with van der Waals surface area (Å²) < 4.78 is 40.8. The fourth-order valence-electron chi connectivity index (χ4n) is 3.48. The third-order valence-electron chi connectivity index (χ3n) is 4.95. The minimum Gasteiger partial charge on any atom is -0.351 e. The summed E-state index contributed by atoms with van der Waals surface area (Å²) in [6, 6.07) is 13.8. The molecule has 8 heteroatoms. The van der Waals surface area contributed by atoms with Crippen molar-refractivity contribution in [3.05, 3.63) is 65.4 Å². The number of halogens is 3.